The normalized spacial score (nSPS) is 20.3. The molecule has 2 unspecified atom stereocenters. The van der Waals surface area contributed by atoms with Crippen LogP contribution in [0.3, 0.4) is 0 Å². The van der Waals surface area contributed by atoms with Gasteiger partial charge in [-0.2, -0.15) is 0 Å². The summed E-state index contributed by atoms with van der Waals surface area (Å²) in [6.45, 7) is 0. The molecule has 0 bridgehead atoms. The first-order valence-corrected chi connectivity index (χ1v) is 15.9. The molecule has 1 N–H and O–H groups in total. The van der Waals surface area contributed by atoms with Gasteiger partial charge in [0.1, 0.15) is 0 Å². The number of rotatable bonds is 5. The molecule has 0 radical (unpaired) electrons. The van der Waals surface area contributed by atoms with Crippen molar-refractivity contribution in [1.29, 1.82) is 0 Å². The van der Waals surface area contributed by atoms with Gasteiger partial charge >= 0.3 is 262 Å². The van der Waals surface area contributed by atoms with Crippen LogP contribution in [0, 0.1) is 0 Å². The summed E-state index contributed by atoms with van der Waals surface area (Å²) in [7, 11) is 0. The number of carbonyl (C=O) groups excluding carboxylic acids is 1. The first-order chi connectivity index (χ1) is 21.6. The van der Waals surface area contributed by atoms with Crippen LogP contribution in [0.15, 0.2) is 140 Å². The zero-order valence-electron chi connectivity index (χ0n) is 23.5. The molecule has 6 aromatic rings. The average Bonchev–Trinajstić information content (AvgIpc) is 3.09. The quantitative estimate of drug-likeness (QED) is 0.157. The Morgan fingerprint density at radius 2 is 1.32 bits per heavy atom. The Balaban J connectivity index is 1.53. The van der Waals surface area contributed by atoms with Gasteiger partial charge in [0.2, 0.25) is 0 Å². The van der Waals surface area contributed by atoms with Gasteiger partial charge < -0.3 is 0 Å². The van der Waals surface area contributed by atoms with Crippen LogP contribution in [0.25, 0.3) is 27.3 Å². The molecule has 214 valence electrons. The summed E-state index contributed by atoms with van der Waals surface area (Å²) in [6, 6.07) is 42.9. The zero-order valence-corrected chi connectivity index (χ0v) is 25.2. The Morgan fingerprint density at radius 3 is 2.05 bits per heavy atom. The Labute approximate surface area is 261 Å². The Bertz CT molecular complexity index is 2090. The SMILES string of the molecule is O=C(c1ccccc1)C1(O[Se]O)Cc2c(ccc3ccccc23)OC12C=C(c1ccccc1)Oc1ccc3ccccc3c12. The summed E-state index contributed by atoms with van der Waals surface area (Å²) in [5.74, 6) is 1.47. The van der Waals surface area contributed by atoms with Crippen LogP contribution in [0.2, 0.25) is 0 Å². The summed E-state index contributed by atoms with van der Waals surface area (Å²) < 4.78 is 31.1. The monoisotopic (exact) mass is 642 g/mol. The molecular weight excluding hydrogens is 615 g/mol. The predicted molar refractivity (Wildman–Crippen MR) is 172 cm³/mol. The average molecular weight is 642 g/mol. The van der Waals surface area contributed by atoms with Gasteiger partial charge in [0.25, 0.3) is 0 Å². The van der Waals surface area contributed by atoms with E-state index in [1.165, 1.54) is 0 Å². The molecule has 6 aromatic carbocycles. The number of fused-ring (bicyclic) bond motifs is 7. The molecule has 1 spiro atoms. The van der Waals surface area contributed by atoms with Crippen molar-refractivity contribution in [2.75, 3.05) is 0 Å². The molecule has 5 nitrogen and oxygen atoms in total. The van der Waals surface area contributed by atoms with Crippen molar-refractivity contribution in [2.45, 2.75) is 17.6 Å². The van der Waals surface area contributed by atoms with Gasteiger partial charge in [-0.15, -0.1) is 0 Å². The summed E-state index contributed by atoms with van der Waals surface area (Å²) >= 11 is -1.35. The minimum atomic E-state index is -1.69. The molecule has 6 heteroatoms. The van der Waals surface area contributed by atoms with E-state index in [9.17, 15) is 4.19 Å². The number of benzene rings is 6. The molecule has 8 rings (SSSR count). The summed E-state index contributed by atoms with van der Waals surface area (Å²) in [4.78, 5) is 15.1. The zero-order chi connectivity index (χ0) is 29.7. The minimum absolute atomic E-state index is 0.168. The van der Waals surface area contributed by atoms with Crippen LogP contribution in [0.4, 0.5) is 0 Å². The van der Waals surface area contributed by atoms with Crippen molar-refractivity contribution < 1.29 is 22.3 Å². The number of ether oxygens (including phenoxy) is 2. The van der Waals surface area contributed by atoms with Crippen LogP contribution >= 0.6 is 0 Å². The molecule has 0 amide bonds. The Hall–Kier alpha value is -4.71. The van der Waals surface area contributed by atoms with E-state index in [1.807, 2.05) is 127 Å². The molecule has 2 aliphatic rings. The van der Waals surface area contributed by atoms with Gasteiger partial charge in [-0.1, -0.05) is 0 Å². The van der Waals surface area contributed by atoms with Crippen LogP contribution in [0.5, 0.6) is 11.5 Å². The van der Waals surface area contributed by atoms with Gasteiger partial charge in [-0.25, -0.2) is 0 Å². The van der Waals surface area contributed by atoms with Crippen LogP contribution in [-0.4, -0.2) is 31.2 Å². The van der Waals surface area contributed by atoms with Gasteiger partial charge in [0.05, 0.1) is 0 Å². The van der Waals surface area contributed by atoms with E-state index < -0.39 is 26.8 Å². The topological polar surface area (TPSA) is 65.0 Å². The van der Waals surface area contributed by atoms with Crippen molar-refractivity contribution in [1.82, 2.24) is 0 Å². The van der Waals surface area contributed by atoms with E-state index in [0.717, 1.165) is 32.7 Å². The summed E-state index contributed by atoms with van der Waals surface area (Å²) in [5.41, 5.74) is -0.379. The first-order valence-electron chi connectivity index (χ1n) is 14.4. The third-order valence-electron chi connectivity index (χ3n) is 8.75. The Kier molecular flexibility index (Phi) is 6.40. The van der Waals surface area contributed by atoms with Gasteiger partial charge in [-0.05, 0) is 0 Å². The first kappa shape index (κ1) is 26.9. The fraction of sp³-hybridized carbons (Fsp3) is 0.0789. The second kappa shape index (κ2) is 10.5. The van der Waals surface area contributed by atoms with Crippen molar-refractivity contribution in [2.24, 2.45) is 0 Å². The molecule has 2 heterocycles. The number of ketones is 1. The van der Waals surface area contributed by atoms with Crippen LogP contribution in [-0.2, 0) is 15.8 Å². The number of Topliss-reactive ketones (excluding diaryl/α,β-unsaturated/α-hetero) is 1. The van der Waals surface area contributed by atoms with E-state index in [0.29, 0.717) is 28.4 Å². The number of hydrogen-bond donors (Lipinski definition) is 1. The third kappa shape index (κ3) is 3.96. The Morgan fingerprint density at radius 1 is 0.705 bits per heavy atom. The number of carbonyl (C=O) groups is 1. The van der Waals surface area contributed by atoms with Crippen LogP contribution in [0.1, 0.15) is 27.0 Å². The van der Waals surface area contributed by atoms with Crippen molar-refractivity contribution in [3.05, 3.63) is 162 Å². The van der Waals surface area contributed by atoms with E-state index in [-0.39, 0.29) is 12.2 Å². The second-order valence-electron chi connectivity index (χ2n) is 11.1. The summed E-state index contributed by atoms with van der Waals surface area (Å²) in [6.07, 6.45) is 2.06. The summed E-state index contributed by atoms with van der Waals surface area (Å²) in [5, 5.41) is 3.84. The van der Waals surface area contributed by atoms with Crippen molar-refractivity contribution in [3.63, 3.8) is 0 Å². The molecule has 2 atom stereocenters. The number of hydrogen-bond acceptors (Lipinski definition) is 5. The maximum absolute atomic E-state index is 15.1. The molecular formula is C38H26O5Se. The van der Waals surface area contributed by atoms with Gasteiger partial charge in [0, 0.05) is 0 Å². The van der Waals surface area contributed by atoms with Crippen molar-refractivity contribution >= 4 is 48.7 Å². The molecule has 0 aromatic heterocycles. The standard InChI is InChI=1S/C38H26O5Se/c39-36(28-15-5-2-6-16-28)38(43-44-40)23-31-29-17-9-7-11-25(29)19-21-32(31)42-37(38)24-34(27-13-3-1-4-14-27)41-33-22-20-26-12-8-10-18-30(26)35(33)37/h1-22,24,40H,23H2. The van der Waals surface area contributed by atoms with E-state index in [4.69, 9.17) is 13.3 Å². The second-order valence-corrected chi connectivity index (χ2v) is 11.8. The molecule has 0 saturated carbocycles. The van der Waals surface area contributed by atoms with Gasteiger partial charge in [0.15, 0.2) is 0 Å². The molecule has 0 saturated heterocycles. The maximum atomic E-state index is 15.1. The molecule has 44 heavy (non-hydrogen) atoms. The molecule has 0 fully saturated rings. The van der Waals surface area contributed by atoms with Crippen LogP contribution < -0.4 is 9.47 Å². The predicted octanol–water partition coefficient (Wildman–Crippen LogP) is 7.42. The van der Waals surface area contributed by atoms with Gasteiger partial charge in [-0.3, -0.25) is 0 Å². The molecule has 0 aliphatic carbocycles. The fourth-order valence-electron chi connectivity index (χ4n) is 6.76. The van der Waals surface area contributed by atoms with Crippen molar-refractivity contribution in [3.8, 4) is 11.5 Å². The fourth-order valence-corrected chi connectivity index (χ4v) is 7.57. The third-order valence-corrected chi connectivity index (χ3v) is 9.50. The van der Waals surface area contributed by atoms with E-state index in [1.54, 1.807) is 12.1 Å². The van der Waals surface area contributed by atoms with E-state index >= 15 is 4.79 Å². The van der Waals surface area contributed by atoms with E-state index in [2.05, 4.69) is 0 Å². The molecule has 2 aliphatic heterocycles.